The van der Waals surface area contributed by atoms with Crippen molar-refractivity contribution in [1.29, 1.82) is 0 Å². The largest absolute Gasteiger partial charge is 0.370 e. The molecule has 0 unspecified atom stereocenters. The first-order chi connectivity index (χ1) is 9.92. The Kier molecular flexibility index (Phi) is 4.79. The fourth-order valence-electron chi connectivity index (χ4n) is 1.62. The van der Waals surface area contributed by atoms with Crippen molar-refractivity contribution in [3.63, 3.8) is 0 Å². The van der Waals surface area contributed by atoms with Crippen LogP contribution in [0.1, 0.15) is 23.9 Å². The van der Waals surface area contributed by atoms with Gasteiger partial charge in [-0.15, -0.1) is 11.3 Å². The van der Waals surface area contributed by atoms with Crippen molar-refractivity contribution in [3.8, 4) is 0 Å². The van der Waals surface area contributed by atoms with Gasteiger partial charge >= 0.3 is 0 Å². The van der Waals surface area contributed by atoms with Crippen LogP contribution in [-0.4, -0.2) is 24.9 Å². The van der Waals surface area contributed by atoms with E-state index < -0.39 is 10.0 Å². The van der Waals surface area contributed by atoms with E-state index >= 15 is 0 Å². The molecule has 2 aromatic rings. The Hall–Kier alpha value is -1.67. The van der Waals surface area contributed by atoms with Gasteiger partial charge in [0.15, 0.2) is 5.13 Å². The summed E-state index contributed by atoms with van der Waals surface area (Å²) in [5.41, 5.74) is 0.831. The quantitative estimate of drug-likeness (QED) is 0.853. The molecule has 0 amide bonds. The van der Waals surface area contributed by atoms with Crippen molar-refractivity contribution in [2.24, 2.45) is 0 Å². The molecule has 114 valence electrons. The van der Waals surface area contributed by atoms with Crippen LogP contribution in [0.25, 0.3) is 0 Å². The van der Waals surface area contributed by atoms with E-state index in [2.05, 4.69) is 20.0 Å². The van der Waals surface area contributed by atoms with Crippen molar-refractivity contribution < 1.29 is 8.42 Å². The summed E-state index contributed by atoms with van der Waals surface area (Å²) >= 11 is 1.32. The molecule has 21 heavy (non-hydrogen) atoms. The fraction of sp³-hybridized carbons (Fsp3) is 0.385. The summed E-state index contributed by atoms with van der Waals surface area (Å²) in [6, 6.07) is 2.98. The molecular weight excluding hydrogens is 308 g/mol. The number of aryl methyl sites for hydroxylation is 2. The first-order valence-electron chi connectivity index (χ1n) is 6.59. The molecule has 2 rings (SSSR count). The Balaban J connectivity index is 2.22. The Bertz CT molecular complexity index is 706. The summed E-state index contributed by atoms with van der Waals surface area (Å²) in [5, 5.41) is 3.45. The molecule has 0 spiro atoms. The molecule has 2 heterocycles. The van der Waals surface area contributed by atoms with Crippen LogP contribution < -0.4 is 10.0 Å². The number of hydrogen-bond acceptors (Lipinski definition) is 6. The first kappa shape index (κ1) is 15.7. The SMILES string of the molecule is CCCNc1cc(S(=O)(=O)Nc2nc(C)c(C)s2)ccn1. The molecule has 0 aliphatic rings. The Labute approximate surface area is 128 Å². The van der Waals surface area contributed by atoms with E-state index in [1.54, 1.807) is 0 Å². The van der Waals surface area contributed by atoms with Gasteiger partial charge in [0.2, 0.25) is 0 Å². The highest BCUT2D eigenvalue weighted by Gasteiger charge is 2.17. The lowest BCUT2D eigenvalue weighted by molar-refractivity contribution is 0.601. The third-order valence-electron chi connectivity index (χ3n) is 2.85. The number of hydrogen-bond donors (Lipinski definition) is 2. The summed E-state index contributed by atoms with van der Waals surface area (Å²) in [7, 11) is -3.65. The van der Waals surface area contributed by atoms with Gasteiger partial charge in [0, 0.05) is 23.7 Å². The zero-order valence-electron chi connectivity index (χ0n) is 12.2. The Morgan fingerprint density at radius 3 is 2.71 bits per heavy atom. The van der Waals surface area contributed by atoms with E-state index in [0.29, 0.717) is 10.9 Å². The summed E-state index contributed by atoms with van der Waals surface area (Å²) in [6.07, 6.45) is 2.42. The number of anilines is 2. The first-order valence-corrected chi connectivity index (χ1v) is 8.89. The highest BCUT2D eigenvalue weighted by atomic mass is 32.2. The number of aromatic nitrogens is 2. The zero-order valence-corrected chi connectivity index (χ0v) is 13.8. The van der Waals surface area contributed by atoms with Gasteiger partial charge in [-0.05, 0) is 26.3 Å². The predicted octanol–water partition coefficient (Wildman–Crippen LogP) is 2.78. The normalized spacial score (nSPS) is 11.4. The average Bonchev–Trinajstić information content (AvgIpc) is 2.74. The number of rotatable bonds is 6. The maximum atomic E-state index is 12.3. The minimum absolute atomic E-state index is 0.168. The van der Waals surface area contributed by atoms with Crippen LogP contribution in [-0.2, 0) is 10.0 Å². The van der Waals surface area contributed by atoms with Crippen LogP contribution in [0.3, 0.4) is 0 Å². The smallest absolute Gasteiger partial charge is 0.263 e. The summed E-state index contributed by atoms with van der Waals surface area (Å²) in [4.78, 5) is 9.45. The standard InChI is InChI=1S/C13H18N4O2S2/c1-4-6-14-12-8-11(5-7-15-12)21(18,19)17-13-16-9(2)10(3)20-13/h5,7-8H,4,6H2,1-3H3,(H,14,15)(H,16,17). The van der Waals surface area contributed by atoms with E-state index in [-0.39, 0.29) is 4.90 Å². The lowest BCUT2D eigenvalue weighted by Gasteiger charge is -2.08. The number of nitrogens with one attached hydrogen (secondary N) is 2. The molecule has 0 fully saturated rings. The van der Waals surface area contributed by atoms with Gasteiger partial charge in [0.05, 0.1) is 10.6 Å². The van der Waals surface area contributed by atoms with Crippen LogP contribution in [0.2, 0.25) is 0 Å². The van der Waals surface area contributed by atoms with Crippen LogP contribution in [0, 0.1) is 13.8 Å². The van der Waals surface area contributed by atoms with Gasteiger partial charge in [0.1, 0.15) is 5.82 Å². The molecule has 8 heteroatoms. The van der Waals surface area contributed by atoms with Crippen LogP contribution in [0.15, 0.2) is 23.2 Å². The highest BCUT2D eigenvalue weighted by molar-refractivity contribution is 7.93. The van der Waals surface area contributed by atoms with Crippen molar-refractivity contribution in [2.45, 2.75) is 32.1 Å². The molecule has 6 nitrogen and oxygen atoms in total. The summed E-state index contributed by atoms with van der Waals surface area (Å²) in [6.45, 7) is 6.53. The van der Waals surface area contributed by atoms with E-state index in [1.807, 2.05) is 20.8 Å². The minimum atomic E-state index is -3.65. The van der Waals surface area contributed by atoms with E-state index in [9.17, 15) is 8.42 Å². The molecule has 0 saturated carbocycles. The molecule has 0 bridgehead atoms. The predicted molar refractivity (Wildman–Crippen MR) is 85.4 cm³/mol. The Morgan fingerprint density at radius 1 is 1.33 bits per heavy atom. The second-order valence-electron chi connectivity index (χ2n) is 4.57. The second kappa shape index (κ2) is 6.40. The number of sulfonamides is 1. The van der Waals surface area contributed by atoms with E-state index in [0.717, 1.165) is 23.5 Å². The third kappa shape index (κ3) is 3.92. The van der Waals surface area contributed by atoms with E-state index in [1.165, 1.54) is 29.7 Å². The van der Waals surface area contributed by atoms with Crippen molar-refractivity contribution in [1.82, 2.24) is 9.97 Å². The molecule has 2 N–H and O–H groups in total. The number of thiazole rings is 1. The molecule has 0 saturated heterocycles. The van der Waals surface area contributed by atoms with Crippen molar-refractivity contribution in [3.05, 3.63) is 28.9 Å². The summed E-state index contributed by atoms with van der Waals surface area (Å²) < 4.78 is 27.2. The molecule has 2 aromatic heterocycles. The number of nitrogens with zero attached hydrogens (tertiary/aromatic N) is 2. The summed E-state index contributed by atoms with van der Waals surface area (Å²) in [5.74, 6) is 0.547. The lowest BCUT2D eigenvalue weighted by Crippen LogP contribution is -2.13. The Morgan fingerprint density at radius 2 is 2.10 bits per heavy atom. The monoisotopic (exact) mass is 326 g/mol. The maximum absolute atomic E-state index is 12.3. The molecule has 0 radical (unpaired) electrons. The van der Waals surface area contributed by atoms with Gasteiger partial charge in [-0.1, -0.05) is 6.92 Å². The van der Waals surface area contributed by atoms with Crippen LogP contribution in [0.4, 0.5) is 10.9 Å². The van der Waals surface area contributed by atoms with E-state index in [4.69, 9.17) is 0 Å². The third-order valence-corrected chi connectivity index (χ3v) is 5.30. The molecule has 0 atom stereocenters. The van der Waals surface area contributed by atoms with Crippen molar-refractivity contribution >= 4 is 32.3 Å². The van der Waals surface area contributed by atoms with Gasteiger partial charge in [-0.2, -0.15) is 0 Å². The number of pyridine rings is 1. The maximum Gasteiger partial charge on any atom is 0.263 e. The van der Waals surface area contributed by atoms with Gasteiger partial charge in [0.25, 0.3) is 10.0 Å². The highest BCUT2D eigenvalue weighted by Crippen LogP contribution is 2.24. The minimum Gasteiger partial charge on any atom is -0.370 e. The molecule has 0 aromatic carbocycles. The second-order valence-corrected chi connectivity index (χ2v) is 7.46. The zero-order chi connectivity index (χ0) is 15.5. The molecule has 0 aliphatic heterocycles. The fourth-order valence-corrected chi connectivity index (χ4v) is 3.68. The van der Waals surface area contributed by atoms with Gasteiger partial charge < -0.3 is 5.32 Å². The van der Waals surface area contributed by atoms with Crippen molar-refractivity contribution in [2.75, 3.05) is 16.6 Å². The average molecular weight is 326 g/mol. The van der Waals surface area contributed by atoms with Crippen LogP contribution >= 0.6 is 11.3 Å². The molecule has 0 aliphatic carbocycles. The molecular formula is C13H18N4O2S2. The topological polar surface area (TPSA) is 84.0 Å². The van der Waals surface area contributed by atoms with Gasteiger partial charge in [-0.25, -0.2) is 18.4 Å². The van der Waals surface area contributed by atoms with Crippen LogP contribution in [0.5, 0.6) is 0 Å². The lowest BCUT2D eigenvalue weighted by atomic mass is 10.4. The van der Waals surface area contributed by atoms with Gasteiger partial charge in [-0.3, -0.25) is 4.72 Å².